The zero-order valence-corrected chi connectivity index (χ0v) is 7.84. The van der Waals surface area contributed by atoms with Gasteiger partial charge in [-0.25, -0.2) is 0 Å². The van der Waals surface area contributed by atoms with Gasteiger partial charge >= 0.3 is 0 Å². The van der Waals surface area contributed by atoms with Crippen molar-refractivity contribution in [2.24, 2.45) is 10.2 Å². The molecule has 4 nitrogen and oxygen atoms in total. The van der Waals surface area contributed by atoms with Crippen LogP contribution in [0.1, 0.15) is 11.3 Å². The fourth-order valence-electron chi connectivity index (χ4n) is 1.79. The minimum absolute atomic E-state index is 0.630. The van der Waals surface area contributed by atoms with E-state index in [1.807, 2.05) is 12.2 Å². The van der Waals surface area contributed by atoms with Crippen LogP contribution >= 0.6 is 0 Å². The summed E-state index contributed by atoms with van der Waals surface area (Å²) in [7, 11) is 0. The summed E-state index contributed by atoms with van der Waals surface area (Å²) < 4.78 is 0. The number of rotatable bonds is 1. The van der Waals surface area contributed by atoms with Crippen molar-refractivity contribution in [1.82, 2.24) is 4.98 Å². The van der Waals surface area contributed by atoms with Crippen molar-refractivity contribution in [3.8, 4) is 0 Å². The van der Waals surface area contributed by atoms with Crippen molar-refractivity contribution < 1.29 is 4.79 Å². The molecule has 0 saturated carbocycles. The van der Waals surface area contributed by atoms with Gasteiger partial charge < -0.3 is 0 Å². The Hall–Kier alpha value is -2.10. The standard InChI is InChI=1S/C11H7N3O/c15-6-7-1-2-9-8(3-7)4-12-10-5-13-14-11(9)10/h1-2,4-6H,3H2. The van der Waals surface area contributed by atoms with E-state index in [4.69, 9.17) is 0 Å². The Morgan fingerprint density at radius 2 is 2.27 bits per heavy atom. The summed E-state index contributed by atoms with van der Waals surface area (Å²) in [4.78, 5) is 14.9. The zero-order valence-electron chi connectivity index (χ0n) is 7.84. The number of hydrogen-bond donors (Lipinski definition) is 0. The lowest BCUT2D eigenvalue weighted by molar-refractivity contribution is -0.105. The minimum Gasteiger partial charge on any atom is -0.298 e. The molecule has 0 aromatic carbocycles. The predicted molar refractivity (Wildman–Crippen MR) is 54.9 cm³/mol. The number of nitrogens with zero attached hydrogens (tertiary/aromatic N) is 3. The van der Waals surface area contributed by atoms with Crippen LogP contribution in [0.2, 0.25) is 0 Å². The summed E-state index contributed by atoms with van der Waals surface area (Å²) in [6.07, 6.45) is 8.66. The van der Waals surface area contributed by atoms with Crippen molar-refractivity contribution in [1.29, 1.82) is 0 Å². The number of aldehydes is 1. The van der Waals surface area contributed by atoms with Gasteiger partial charge in [0.2, 0.25) is 0 Å². The average Bonchev–Trinajstić information content (AvgIpc) is 2.76. The third-order valence-electron chi connectivity index (χ3n) is 2.55. The highest BCUT2D eigenvalue weighted by atomic mass is 16.1. The molecule has 0 unspecified atom stereocenters. The van der Waals surface area contributed by atoms with Gasteiger partial charge in [-0.15, -0.1) is 5.10 Å². The average molecular weight is 197 g/mol. The monoisotopic (exact) mass is 197 g/mol. The van der Waals surface area contributed by atoms with Gasteiger partial charge in [0.05, 0.1) is 6.21 Å². The first-order valence-electron chi connectivity index (χ1n) is 4.63. The molecule has 4 heteroatoms. The highest BCUT2D eigenvalue weighted by Gasteiger charge is 2.11. The summed E-state index contributed by atoms with van der Waals surface area (Å²) in [6, 6.07) is 0. The van der Waals surface area contributed by atoms with Gasteiger partial charge in [-0.1, -0.05) is 12.2 Å². The van der Waals surface area contributed by atoms with Crippen LogP contribution in [0.15, 0.2) is 28.0 Å². The Morgan fingerprint density at radius 3 is 3.13 bits per heavy atom. The van der Waals surface area contributed by atoms with E-state index >= 15 is 0 Å². The molecule has 3 rings (SSSR count). The summed E-state index contributed by atoms with van der Waals surface area (Å²) >= 11 is 0. The summed E-state index contributed by atoms with van der Waals surface area (Å²) in [5.41, 5.74) is 2.60. The van der Waals surface area contributed by atoms with Crippen molar-refractivity contribution in [2.75, 3.05) is 0 Å². The van der Waals surface area contributed by atoms with Crippen LogP contribution in [0.4, 0.5) is 0 Å². The van der Waals surface area contributed by atoms with Gasteiger partial charge in [0.25, 0.3) is 0 Å². The molecule has 1 aliphatic carbocycles. The number of hydrogen-bond acceptors (Lipinski definition) is 4. The van der Waals surface area contributed by atoms with Gasteiger partial charge in [0.15, 0.2) is 0 Å². The van der Waals surface area contributed by atoms with Crippen LogP contribution in [0, 0.1) is 0 Å². The molecule has 0 fully saturated rings. The molecule has 0 atom stereocenters. The van der Waals surface area contributed by atoms with Gasteiger partial charge in [0, 0.05) is 17.8 Å². The molecule has 2 aliphatic rings. The molecular formula is C11H7N3O. The number of aromatic nitrogens is 1. The molecule has 2 heterocycles. The Morgan fingerprint density at radius 1 is 1.33 bits per heavy atom. The molecule has 0 spiro atoms. The Labute approximate surface area is 85.4 Å². The number of carbonyl (C=O) groups excluding carboxylic acids is 1. The summed E-state index contributed by atoms with van der Waals surface area (Å²) in [5.74, 6) is 0. The maximum Gasteiger partial charge on any atom is 0.146 e. The van der Waals surface area contributed by atoms with Crippen LogP contribution in [0.5, 0.6) is 0 Å². The fraction of sp³-hybridized carbons (Fsp3) is 0.0909. The van der Waals surface area contributed by atoms with Gasteiger partial charge in [0.1, 0.15) is 17.3 Å². The quantitative estimate of drug-likeness (QED) is 0.570. The van der Waals surface area contributed by atoms with Crippen molar-refractivity contribution >= 4 is 18.6 Å². The normalized spacial score (nSPS) is 15.9. The predicted octanol–water partition coefficient (Wildman–Crippen LogP) is -0.489. The highest BCUT2D eigenvalue weighted by Crippen LogP contribution is 2.05. The van der Waals surface area contributed by atoms with Gasteiger partial charge in [-0.05, 0) is 11.1 Å². The van der Waals surface area contributed by atoms with Gasteiger partial charge in [-0.2, -0.15) is 5.10 Å². The van der Waals surface area contributed by atoms with E-state index in [-0.39, 0.29) is 0 Å². The highest BCUT2D eigenvalue weighted by molar-refractivity contribution is 5.80. The van der Waals surface area contributed by atoms with E-state index in [0.29, 0.717) is 6.42 Å². The van der Waals surface area contributed by atoms with Crippen LogP contribution < -0.4 is 10.6 Å². The lowest BCUT2D eigenvalue weighted by Crippen LogP contribution is -2.33. The SMILES string of the molecule is O=CC1=CC=c2c(cnc3c2=NN=C3)C1. The first-order chi connectivity index (χ1) is 7.38. The van der Waals surface area contributed by atoms with E-state index in [1.165, 1.54) is 0 Å². The number of carbonyl (C=O) groups is 1. The zero-order chi connectivity index (χ0) is 10.3. The Kier molecular flexibility index (Phi) is 1.62. The second-order valence-corrected chi connectivity index (χ2v) is 3.48. The molecule has 0 radical (unpaired) electrons. The molecular weight excluding hydrogens is 190 g/mol. The maximum absolute atomic E-state index is 10.6. The second-order valence-electron chi connectivity index (χ2n) is 3.48. The first kappa shape index (κ1) is 8.23. The van der Waals surface area contributed by atoms with Crippen molar-refractivity contribution in [3.05, 3.63) is 39.7 Å². The molecule has 0 saturated heterocycles. The van der Waals surface area contributed by atoms with E-state index in [2.05, 4.69) is 15.2 Å². The van der Waals surface area contributed by atoms with Crippen LogP contribution in [0.3, 0.4) is 0 Å². The molecule has 0 N–H and O–H groups in total. The van der Waals surface area contributed by atoms with Gasteiger partial charge in [-0.3, -0.25) is 9.78 Å². The minimum atomic E-state index is 0.630. The largest absolute Gasteiger partial charge is 0.298 e. The third kappa shape index (κ3) is 1.15. The number of fused-ring (bicyclic) bond motifs is 3. The lowest BCUT2D eigenvalue weighted by Gasteiger charge is -2.06. The molecule has 1 aromatic rings. The summed E-state index contributed by atoms with van der Waals surface area (Å²) in [5, 5.41) is 9.69. The second kappa shape index (κ2) is 2.95. The lowest BCUT2D eigenvalue weighted by atomic mass is 10.00. The molecule has 1 aliphatic heterocycles. The molecule has 1 aromatic heterocycles. The van der Waals surface area contributed by atoms with Crippen LogP contribution in [-0.2, 0) is 11.2 Å². The Balaban J connectivity index is 2.34. The van der Waals surface area contributed by atoms with Crippen molar-refractivity contribution in [2.45, 2.75) is 6.42 Å². The van der Waals surface area contributed by atoms with E-state index in [0.717, 1.165) is 33.7 Å². The van der Waals surface area contributed by atoms with Crippen LogP contribution in [-0.4, -0.2) is 17.5 Å². The molecule has 0 bridgehead atoms. The molecule has 15 heavy (non-hydrogen) atoms. The van der Waals surface area contributed by atoms with E-state index in [9.17, 15) is 4.79 Å². The van der Waals surface area contributed by atoms with E-state index in [1.54, 1.807) is 12.4 Å². The summed E-state index contributed by atoms with van der Waals surface area (Å²) in [6.45, 7) is 0. The van der Waals surface area contributed by atoms with Crippen LogP contribution in [0.25, 0.3) is 6.08 Å². The number of allylic oxidation sites excluding steroid dienone is 2. The van der Waals surface area contributed by atoms with Crippen molar-refractivity contribution in [3.63, 3.8) is 0 Å². The smallest absolute Gasteiger partial charge is 0.146 e. The first-order valence-corrected chi connectivity index (χ1v) is 4.63. The topological polar surface area (TPSA) is 54.7 Å². The number of pyridine rings is 1. The molecule has 0 amide bonds. The maximum atomic E-state index is 10.6. The fourth-order valence-corrected chi connectivity index (χ4v) is 1.79. The van der Waals surface area contributed by atoms with E-state index < -0.39 is 0 Å². The Bertz CT molecular complexity index is 626. The third-order valence-corrected chi connectivity index (χ3v) is 2.55. The molecule has 72 valence electrons.